The molecular weight excluding hydrogens is 352 g/mol. The van der Waals surface area contributed by atoms with Gasteiger partial charge in [0.05, 0.1) is 23.7 Å². The number of esters is 2. The molecule has 1 aromatic rings. The van der Waals surface area contributed by atoms with Crippen LogP contribution in [0.1, 0.15) is 39.2 Å². The lowest BCUT2D eigenvalue weighted by atomic mass is 9.75. The smallest absolute Gasteiger partial charge is 0.336 e. The third-order valence-corrected chi connectivity index (χ3v) is 4.30. The van der Waals surface area contributed by atoms with Gasteiger partial charge in [-0.15, -0.1) is 0 Å². The van der Waals surface area contributed by atoms with Crippen molar-refractivity contribution in [3.8, 4) is 0 Å². The zero-order chi connectivity index (χ0) is 20.1. The summed E-state index contributed by atoms with van der Waals surface area (Å²) >= 11 is 0. The van der Waals surface area contributed by atoms with E-state index in [2.05, 4.69) is 4.99 Å². The molecule has 0 aliphatic carbocycles. The largest absolute Gasteiger partial charge is 0.465 e. The summed E-state index contributed by atoms with van der Waals surface area (Å²) in [5, 5.41) is 11.2. The van der Waals surface area contributed by atoms with E-state index in [0.717, 1.165) is 0 Å². The van der Waals surface area contributed by atoms with E-state index in [-0.39, 0.29) is 24.5 Å². The van der Waals surface area contributed by atoms with E-state index in [1.54, 1.807) is 33.8 Å². The maximum absolute atomic E-state index is 12.6. The van der Waals surface area contributed by atoms with Crippen LogP contribution in [0.2, 0.25) is 0 Å². The Hall–Kier alpha value is -3.03. The average Bonchev–Trinajstić information content (AvgIpc) is 2.61. The highest BCUT2D eigenvalue weighted by Crippen LogP contribution is 2.40. The Morgan fingerprint density at radius 3 is 2.44 bits per heavy atom. The molecule has 0 fully saturated rings. The van der Waals surface area contributed by atoms with E-state index in [0.29, 0.717) is 17.0 Å². The van der Waals surface area contributed by atoms with Crippen LogP contribution in [-0.2, 0) is 19.1 Å². The molecule has 0 spiro atoms. The fraction of sp³-hybridized carbons (Fsp3) is 0.421. The van der Waals surface area contributed by atoms with Gasteiger partial charge >= 0.3 is 11.9 Å². The lowest BCUT2D eigenvalue weighted by molar-refractivity contribution is -0.384. The lowest BCUT2D eigenvalue weighted by Crippen LogP contribution is -2.36. The maximum atomic E-state index is 12.6. The van der Waals surface area contributed by atoms with E-state index >= 15 is 0 Å². The number of aliphatic imine (C=N–C) groups is 1. The quantitative estimate of drug-likeness (QED) is 0.430. The summed E-state index contributed by atoms with van der Waals surface area (Å²) < 4.78 is 10.3. The molecule has 27 heavy (non-hydrogen) atoms. The fourth-order valence-corrected chi connectivity index (χ4v) is 3.24. The average molecular weight is 374 g/mol. The second kappa shape index (κ2) is 8.57. The van der Waals surface area contributed by atoms with Gasteiger partial charge in [-0.3, -0.25) is 19.9 Å². The van der Waals surface area contributed by atoms with Crippen LogP contribution >= 0.6 is 0 Å². The second-order valence-corrected chi connectivity index (χ2v) is 6.03. The molecule has 1 aliphatic rings. The van der Waals surface area contributed by atoms with Crippen molar-refractivity contribution in [3.63, 3.8) is 0 Å². The van der Waals surface area contributed by atoms with Gasteiger partial charge < -0.3 is 9.47 Å². The molecule has 0 bridgehead atoms. The fourth-order valence-electron chi connectivity index (χ4n) is 3.24. The van der Waals surface area contributed by atoms with Gasteiger partial charge in [-0.25, -0.2) is 4.79 Å². The normalized spacial score (nSPS) is 19.3. The van der Waals surface area contributed by atoms with Crippen molar-refractivity contribution in [3.05, 3.63) is 51.2 Å². The van der Waals surface area contributed by atoms with Crippen molar-refractivity contribution in [1.29, 1.82) is 0 Å². The molecule has 0 saturated carbocycles. The molecular formula is C19H22N2O6. The number of carbonyl (C=O) groups excluding carboxylic acids is 2. The highest BCUT2D eigenvalue weighted by atomic mass is 16.6. The van der Waals surface area contributed by atoms with Crippen LogP contribution in [0.3, 0.4) is 0 Å². The summed E-state index contributed by atoms with van der Waals surface area (Å²) in [6.07, 6.45) is 0. The molecule has 0 radical (unpaired) electrons. The Labute approximate surface area is 157 Å². The van der Waals surface area contributed by atoms with Gasteiger partial charge in [0.1, 0.15) is 5.92 Å². The van der Waals surface area contributed by atoms with Crippen molar-refractivity contribution < 1.29 is 24.0 Å². The summed E-state index contributed by atoms with van der Waals surface area (Å²) in [6, 6.07) is 5.89. The van der Waals surface area contributed by atoms with Crippen LogP contribution in [0.15, 0.2) is 40.5 Å². The predicted molar refractivity (Wildman–Crippen MR) is 98.4 cm³/mol. The molecule has 1 aromatic carbocycles. The van der Waals surface area contributed by atoms with Gasteiger partial charge in [0.15, 0.2) is 0 Å². The molecule has 0 N–H and O–H groups in total. The zero-order valence-corrected chi connectivity index (χ0v) is 15.7. The molecule has 1 heterocycles. The number of hydrogen-bond donors (Lipinski definition) is 0. The third kappa shape index (κ3) is 4.21. The standard InChI is InChI=1S/C19H22N2O6/c1-5-26-18(22)15-11(3)20-12(4)16(19(23)27-6-2)17(15)13-8-7-9-14(10-13)21(24)25/h7-10,15,17H,5-6H2,1-4H3. The van der Waals surface area contributed by atoms with E-state index in [9.17, 15) is 19.7 Å². The van der Waals surface area contributed by atoms with E-state index in [4.69, 9.17) is 9.47 Å². The molecule has 0 amide bonds. The van der Waals surface area contributed by atoms with E-state index in [1.165, 1.54) is 18.2 Å². The van der Waals surface area contributed by atoms with Gasteiger partial charge in [0, 0.05) is 29.5 Å². The minimum Gasteiger partial charge on any atom is -0.465 e. The predicted octanol–water partition coefficient (Wildman–Crippen LogP) is 3.17. The van der Waals surface area contributed by atoms with Crippen LogP contribution in [0.4, 0.5) is 5.69 Å². The highest BCUT2D eigenvalue weighted by molar-refractivity contribution is 6.07. The van der Waals surface area contributed by atoms with Crippen molar-refractivity contribution >= 4 is 23.3 Å². The summed E-state index contributed by atoms with van der Waals surface area (Å²) in [7, 11) is 0. The first kappa shape index (κ1) is 20.3. The molecule has 0 saturated heterocycles. The zero-order valence-electron chi connectivity index (χ0n) is 15.7. The molecule has 8 nitrogen and oxygen atoms in total. The van der Waals surface area contributed by atoms with E-state index in [1.807, 2.05) is 0 Å². The van der Waals surface area contributed by atoms with Crippen molar-refractivity contribution in [2.45, 2.75) is 33.6 Å². The summed E-state index contributed by atoms with van der Waals surface area (Å²) in [5.74, 6) is -2.78. The number of nitro benzene ring substituents is 1. The van der Waals surface area contributed by atoms with Crippen LogP contribution < -0.4 is 0 Å². The highest BCUT2D eigenvalue weighted by Gasteiger charge is 2.42. The van der Waals surface area contributed by atoms with Gasteiger partial charge in [0.25, 0.3) is 5.69 Å². The minimum atomic E-state index is -0.866. The molecule has 2 unspecified atom stereocenters. The summed E-state index contributed by atoms with van der Waals surface area (Å²) in [4.78, 5) is 40.3. The van der Waals surface area contributed by atoms with Gasteiger partial charge in [-0.05, 0) is 33.3 Å². The van der Waals surface area contributed by atoms with Crippen molar-refractivity contribution in [2.24, 2.45) is 10.9 Å². The third-order valence-electron chi connectivity index (χ3n) is 4.30. The Bertz CT molecular complexity index is 827. The lowest BCUT2D eigenvalue weighted by Gasteiger charge is -2.31. The summed E-state index contributed by atoms with van der Waals surface area (Å²) in [5.41, 5.74) is 1.44. The van der Waals surface area contributed by atoms with Crippen LogP contribution in [0.25, 0.3) is 0 Å². The Kier molecular flexibility index (Phi) is 6.44. The first-order valence-electron chi connectivity index (χ1n) is 8.65. The first-order valence-corrected chi connectivity index (χ1v) is 8.65. The monoisotopic (exact) mass is 374 g/mol. The number of hydrogen-bond acceptors (Lipinski definition) is 7. The van der Waals surface area contributed by atoms with Crippen molar-refractivity contribution in [2.75, 3.05) is 13.2 Å². The molecule has 1 aliphatic heterocycles. The van der Waals surface area contributed by atoms with Gasteiger partial charge in [-0.2, -0.15) is 0 Å². The number of nitrogens with zero attached hydrogens (tertiary/aromatic N) is 2. The second-order valence-electron chi connectivity index (χ2n) is 6.03. The Balaban J connectivity index is 2.67. The molecule has 2 atom stereocenters. The topological polar surface area (TPSA) is 108 Å². The number of ether oxygens (including phenoxy) is 2. The maximum Gasteiger partial charge on any atom is 0.336 e. The van der Waals surface area contributed by atoms with Crippen molar-refractivity contribution in [1.82, 2.24) is 0 Å². The Morgan fingerprint density at radius 2 is 1.85 bits per heavy atom. The minimum absolute atomic E-state index is 0.129. The number of non-ortho nitro benzene ring substituents is 1. The molecule has 144 valence electrons. The SMILES string of the molecule is CCOC(=O)C1=C(C)N=C(C)C(C(=O)OCC)C1c1cccc([N+](=O)[O-])c1. The number of nitro groups is 1. The molecule has 2 rings (SSSR count). The number of carbonyl (C=O) groups is 2. The van der Waals surface area contributed by atoms with E-state index < -0.39 is 28.7 Å². The van der Waals surface area contributed by atoms with Gasteiger partial charge in [0.2, 0.25) is 0 Å². The molecule has 8 heteroatoms. The first-order chi connectivity index (χ1) is 12.8. The van der Waals surface area contributed by atoms with Crippen LogP contribution in [-0.4, -0.2) is 35.8 Å². The number of benzene rings is 1. The molecule has 0 aromatic heterocycles. The van der Waals surface area contributed by atoms with Crippen LogP contribution in [0.5, 0.6) is 0 Å². The number of rotatable bonds is 6. The number of allylic oxidation sites excluding steroid dienone is 1. The van der Waals surface area contributed by atoms with Gasteiger partial charge in [-0.1, -0.05) is 12.1 Å². The van der Waals surface area contributed by atoms with Crippen LogP contribution in [0, 0.1) is 16.0 Å². The Morgan fingerprint density at radius 1 is 1.19 bits per heavy atom. The summed E-state index contributed by atoms with van der Waals surface area (Å²) in [6.45, 7) is 7.02.